The highest BCUT2D eigenvalue weighted by molar-refractivity contribution is 6.10. The molecule has 0 saturated heterocycles. The van der Waals surface area contributed by atoms with Gasteiger partial charge in [0, 0.05) is 17.3 Å². The first-order valence-corrected chi connectivity index (χ1v) is 9.17. The van der Waals surface area contributed by atoms with E-state index < -0.39 is 11.6 Å². The maximum atomic E-state index is 13.4. The third-order valence-electron chi connectivity index (χ3n) is 4.55. The smallest absolute Gasteiger partial charge is 0.198 e. The molecule has 0 spiro atoms. The van der Waals surface area contributed by atoms with Gasteiger partial charge in [0.2, 0.25) is 0 Å². The Kier molecular flexibility index (Phi) is 5.97. The van der Waals surface area contributed by atoms with Gasteiger partial charge >= 0.3 is 0 Å². The number of hydrogen-bond donors (Lipinski definition) is 1. The largest absolute Gasteiger partial charge is 0.507 e. The lowest BCUT2D eigenvalue weighted by Gasteiger charge is -2.06. The highest BCUT2D eigenvalue weighted by atomic mass is 19.1. The Hall–Kier alpha value is -3.01. The van der Waals surface area contributed by atoms with Gasteiger partial charge in [-0.15, -0.1) is 0 Å². The number of carbonyl (C=O) groups excluding carboxylic acids is 1. The molecule has 27 heavy (non-hydrogen) atoms. The molecule has 3 nitrogen and oxygen atoms in total. The summed E-state index contributed by atoms with van der Waals surface area (Å²) in [6.07, 6.45) is 6.17. The lowest BCUT2D eigenvalue weighted by atomic mass is 10.0. The third kappa shape index (κ3) is 4.59. The number of rotatable bonds is 7. The summed E-state index contributed by atoms with van der Waals surface area (Å²) in [6, 6.07) is 15.0. The standard InChI is InChI=1S/C23H22FNO2/c1-2-3-4-5-16-6-8-17(9-7-16)21-12-10-18(15-25-21)23(27)20-14-19(24)11-13-22(20)26/h6-15,26H,2-5H2,1H3. The van der Waals surface area contributed by atoms with Gasteiger partial charge in [-0.2, -0.15) is 0 Å². The Balaban J connectivity index is 1.75. The lowest BCUT2D eigenvalue weighted by molar-refractivity contribution is 0.103. The summed E-state index contributed by atoms with van der Waals surface area (Å²) in [6.45, 7) is 2.19. The number of ketones is 1. The maximum Gasteiger partial charge on any atom is 0.198 e. The van der Waals surface area contributed by atoms with Crippen LogP contribution in [0.25, 0.3) is 11.3 Å². The van der Waals surface area contributed by atoms with Crippen molar-refractivity contribution in [2.45, 2.75) is 32.6 Å². The summed E-state index contributed by atoms with van der Waals surface area (Å²) in [5, 5.41) is 9.79. The van der Waals surface area contributed by atoms with Crippen LogP contribution < -0.4 is 0 Å². The summed E-state index contributed by atoms with van der Waals surface area (Å²) in [4.78, 5) is 16.8. The van der Waals surface area contributed by atoms with Gasteiger partial charge in [0.05, 0.1) is 11.3 Å². The molecule has 0 atom stereocenters. The summed E-state index contributed by atoms with van der Waals surface area (Å²) in [5.41, 5.74) is 3.27. The minimum absolute atomic E-state index is 0.0685. The number of pyridine rings is 1. The number of aromatic hydroxyl groups is 1. The molecule has 0 saturated carbocycles. The van der Waals surface area contributed by atoms with E-state index in [4.69, 9.17) is 0 Å². The monoisotopic (exact) mass is 363 g/mol. The van der Waals surface area contributed by atoms with Crippen LogP contribution in [-0.4, -0.2) is 15.9 Å². The van der Waals surface area contributed by atoms with E-state index in [-0.39, 0.29) is 11.3 Å². The van der Waals surface area contributed by atoms with Gasteiger partial charge in [0.15, 0.2) is 5.78 Å². The lowest BCUT2D eigenvalue weighted by Crippen LogP contribution is -2.03. The third-order valence-corrected chi connectivity index (χ3v) is 4.55. The van der Waals surface area contributed by atoms with Gasteiger partial charge in [-0.05, 0) is 48.7 Å². The molecule has 1 N–H and O–H groups in total. The molecule has 0 aliphatic carbocycles. The van der Waals surface area contributed by atoms with E-state index in [1.807, 2.05) is 12.1 Å². The van der Waals surface area contributed by atoms with Crippen molar-refractivity contribution in [1.82, 2.24) is 4.98 Å². The molecular weight excluding hydrogens is 341 g/mol. The van der Waals surface area contributed by atoms with Gasteiger partial charge in [0.25, 0.3) is 0 Å². The molecule has 4 heteroatoms. The van der Waals surface area contributed by atoms with Crippen LogP contribution in [0.4, 0.5) is 4.39 Å². The molecular formula is C23H22FNO2. The number of aromatic nitrogens is 1. The predicted molar refractivity (Wildman–Crippen MR) is 104 cm³/mol. The molecule has 0 bridgehead atoms. The Morgan fingerprint density at radius 1 is 1.04 bits per heavy atom. The molecule has 3 aromatic rings. The maximum absolute atomic E-state index is 13.4. The van der Waals surface area contributed by atoms with E-state index in [9.17, 15) is 14.3 Å². The van der Waals surface area contributed by atoms with E-state index in [0.717, 1.165) is 29.8 Å². The number of phenols is 1. The Bertz CT molecular complexity index is 918. The molecule has 0 aliphatic heterocycles. The van der Waals surface area contributed by atoms with E-state index in [1.165, 1.54) is 37.1 Å². The van der Waals surface area contributed by atoms with Crippen molar-refractivity contribution in [2.75, 3.05) is 0 Å². The van der Waals surface area contributed by atoms with Gasteiger partial charge in [-0.1, -0.05) is 44.0 Å². The van der Waals surface area contributed by atoms with Gasteiger partial charge in [-0.25, -0.2) is 4.39 Å². The molecule has 0 fully saturated rings. The fourth-order valence-electron chi connectivity index (χ4n) is 2.97. The van der Waals surface area contributed by atoms with Gasteiger partial charge in [0.1, 0.15) is 11.6 Å². The Labute approximate surface area is 158 Å². The van der Waals surface area contributed by atoms with Crippen molar-refractivity contribution in [3.05, 3.63) is 83.3 Å². The number of aryl methyl sites for hydroxylation is 1. The van der Waals surface area contributed by atoms with Gasteiger partial charge in [-0.3, -0.25) is 9.78 Å². The molecule has 2 aromatic carbocycles. The van der Waals surface area contributed by atoms with Crippen molar-refractivity contribution in [1.29, 1.82) is 0 Å². The van der Waals surface area contributed by atoms with Crippen LogP contribution >= 0.6 is 0 Å². The number of phenolic OH excluding ortho intramolecular Hbond substituents is 1. The van der Waals surface area contributed by atoms with Crippen LogP contribution in [0.2, 0.25) is 0 Å². The van der Waals surface area contributed by atoms with Crippen LogP contribution in [0.1, 0.15) is 47.7 Å². The summed E-state index contributed by atoms with van der Waals surface area (Å²) >= 11 is 0. The molecule has 0 unspecified atom stereocenters. The normalized spacial score (nSPS) is 10.7. The topological polar surface area (TPSA) is 50.2 Å². The number of nitrogens with zero attached hydrogens (tertiary/aromatic N) is 1. The first kappa shape index (κ1) is 18.8. The first-order chi connectivity index (χ1) is 13.1. The molecule has 1 aromatic heterocycles. The summed E-state index contributed by atoms with van der Waals surface area (Å²) in [7, 11) is 0. The van der Waals surface area contributed by atoms with Crippen molar-refractivity contribution < 1.29 is 14.3 Å². The minimum Gasteiger partial charge on any atom is -0.507 e. The highest BCUT2D eigenvalue weighted by Crippen LogP contribution is 2.23. The second-order valence-corrected chi connectivity index (χ2v) is 6.58. The number of halogens is 1. The fraction of sp³-hybridized carbons (Fsp3) is 0.217. The fourth-order valence-corrected chi connectivity index (χ4v) is 2.97. The number of unbranched alkanes of at least 4 members (excludes halogenated alkanes) is 2. The molecule has 138 valence electrons. The van der Waals surface area contributed by atoms with Crippen LogP contribution in [0.5, 0.6) is 5.75 Å². The number of hydrogen-bond acceptors (Lipinski definition) is 3. The van der Waals surface area contributed by atoms with E-state index in [1.54, 1.807) is 12.1 Å². The second kappa shape index (κ2) is 8.58. The molecule has 3 rings (SSSR count). The Morgan fingerprint density at radius 3 is 2.48 bits per heavy atom. The minimum atomic E-state index is -0.570. The van der Waals surface area contributed by atoms with Crippen LogP contribution in [0.15, 0.2) is 60.8 Å². The zero-order valence-electron chi connectivity index (χ0n) is 15.3. The second-order valence-electron chi connectivity index (χ2n) is 6.58. The van der Waals surface area contributed by atoms with E-state index in [2.05, 4.69) is 24.0 Å². The SMILES string of the molecule is CCCCCc1ccc(-c2ccc(C(=O)c3cc(F)ccc3O)cn2)cc1. The number of benzene rings is 2. The molecule has 0 amide bonds. The van der Waals surface area contributed by atoms with Crippen molar-refractivity contribution in [3.8, 4) is 17.0 Å². The molecule has 0 aliphatic rings. The van der Waals surface area contributed by atoms with Crippen LogP contribution in [0, 0.1) is 5.82 Å². The molecule has 1 heterocycles. The van der Waals surface area contributed by atoms with Crippen molar-refractivity contribution in [3.63, 3.8) is 0 Å². The highest BCUT2D eigenvalue weighted by Gasteiger charge is 2.15. The average molecular weight is 363 g/mol. The zero-order chi connectivity index (χ0) is 19.2. The van der Waals surface area contributed by atoms with Crippen molar-refractivity contribution in [2.24, 2.45) is 0 Å². The van der Waals surface area contributed by atoms with Crippen LogP contribution in [-0.2, 0) is 6.42 Å². The zero-order valence-corrected chi connectivity index (χ0v) is 15.3. The quantitative estimate of drug-likeness (QED) is 0.442. The summed E-state index contributed by atoms with van der Waals surface area (Å²) in [5.74, 6) is -1.28. The van der Waals surface area contributed by atoms with Crippen molar-refractivity contribution >= 4 is 5.78 Å². The average Bonchev–Trinajstić information content (AvgIpc) is 2.70. The van der Waals surface area contributed by atoms with Crippen LogP contribution in [0.3, 0.4) is 0 Å². The van der Waals surface area contributed by atoms with E-state index in [0.29, 0.717) is 5.56 Å². The molecule has 0 radical (unpaired) electrons. The van der Waals surface area contributed by atoms with E-state index >= 15 is 0 Å². The van der Waals surface area contributed by atoms with Gasteiger partial charge < -0.3 is 5.11 Å². The predicted octanol–water partition coefficient (Wildman–Crippen LogP) is 5.56. The number of carbonyl (C=O) groups is 1. The summed E-state index contributed by atoms with van der Waals surface area (Å²) < 4.78 is 13.4. The first-order valence-electron chi connectivity index (χ1n) is 9.17. The Morgan fingerprint density at radius 2 is 1.81 bits per heavy atom.